The number of benzene rings is 2. The van der Waals surface area contributed by atoms with Crippen LogP contribution in [0, 0.1) is 6.92 Å². The first-order valence-electron chi connectivity index (χ1n) is 9.01. The van der Waals surface area contributed by atoms with Crippen molar-refractivity contribution in [1.29, 1.82) is 0 Å². The monoisotopic (exact) mass is 385 g/mol. The highest BCUT2D eigenvalue weighted by molar-refractivity contribution is 7.91. The van der Waals surface area contributed by atoms with Crippen LogP contribution in [0.15, 0.2) is 58.5 Å². The summed E-state index contributed by atoms with van der Waals surface area (Å²) in [4.78, 5) is 5.77. The fraction of sp³-hybridized carbons (Fsp3) is 0.286. The fourth-order valence-corrected chi connectivity index (χ4v) is 4.69. The molecule has 2 aromatic carbocycles. The molecule has 0 spiro atoms. The van der Waals surface area contributed by atoms with Crippen LogP contribution in [-0.2, 0) is 9.84 Å². The molecule has 0 bridgehead atoms. The molecule has 27 heavy (non-hydrogen) atoms. The maximum absolute atomic E-state index is 13.4. The van der Waals surface area contributed by atoms with E-state index in [0.29, 0.717) is 24.5 Å². The lowest BCUT2D eigenvalue weighted by atomic mass is 10.1. The Morgan fingerprint density at radius 3 is 2.30 bits per heavy atom. The number of aryl methyl sites for hydroxylation is 1. The first-order chi connectivity index (χ1) is 12.9. The zero-order valence-electron chi connectivity index (χ0n) is 16.1. The van der Waals surface area contributed by atoms with Crippen molar-refractivity contribution in [1.82, 2.24) is 0 Å². The number of hydrogen-bond acceptors (Lipinski definition) is 4. The molecular weight excluding hydrogens is 360 g/mol. The number of nitrogens with zero attached hydrogens (tertiary/aromatic N) is 1. The summed E-state index contributed by atoms with van der Waals surface area (Å²) < 4.78 is 32.2. The zero-order chi connectivity index (χ0) is 19.6. The average Bonchev–Trinajstić information content (AvgIpc) is 2.68. The van der Waals surface area contributed by atoms with Crippen LogP contribution >= 0.6 is 0 Å². The van der Waals surface area contributed by atoms with Crippen molar-refractivity contribution in [2.24, 2.45) is 0 Å². The quantitative estimate of drug-likeness (QED) is 0.650. The predicted octanol–water partition coefficient (Wildman–Crippen LogP) is 3.65. The smallest absolute Gasteiger partial charge is 0.214 e. The molecule has 142 valence electrons. The van der Waals surface area contributed by atoms with E-state index in [-0.39, 0.29) is 9.79 Å². The van der Waals surface area contributed by atoms with E-state index in [1.807, 2.05) is 51.1 Å². The summed E-state index contributed by atoms with van der Waals surface area (Å²) in [6.07, 6.45) is 1.59. The number of nitrogens with one attached hydrogen (secondary N) is 1. The third-order valence-electron chi connectivity index (χ3n) is 4.77. The average molecular weight is 386 g/mol. The standard InChI is InChI=1S/C21H24N2O3S/c1-5-23(6-2)21-18-13-16(26-4)9-12-19(18)22-14-20(21)27(24,25)17-10-7-15(3)8-11-17/h7-14H,5-6H2,1-4H3/p+1. The SMILES string of the molecule is CCN(CC)c1c(S(=O)(=O)c2ccc(C)cc2)c[nH+]c2ccc(OC)cc12. The third-order valence-corrected chi connectivity index (χ3v) is 6.56. The Labute approximate surface area is 160 Å². The zero-order valence-corrected chi connectivity index (χ0v) is 16.9. The van der Waals surface area contributed by atoms with E-state index in [0.717, 1.165) is 16.5 Å². The van der Waals surface area contributed by atoms with E-state index >= 15 is 0 Å². The molecule has 1 aromatic heterocycles. The van der Waals surface area contributed by atoms with Crippen molar-refractivity contribution in [3.05, 3.63) is 54.2 Å². The predicted molar refractivity (Wildman–Crippen MR) is 107 cm³/mol. The van der Waals surface area contributed by atoms with Crippen molar-refractivity contribution in [3.63, 3.8) is 0 Å². The van der Waals surface area contributed by atoms with E-state index in [2.05, 4.69) is 9.88 Å². The number of H-pyrrole nitrogens is 1. The fourth-order valence-electron chi connectivity index (χ4n) is 3.23. The molecule has 0 unspecified atom stereocenters. The van der Waals surface area contributed by atoms with Crippen molar-refractivity contribution >= 4 is 26.4 Å². The number of sulfone groups is 1. The number of aromatic nitrogens is 1. The Morgan fingerprint density at radius 2 is 1.70 bits per heavy atom. The molecule has 3 rings (SSSR count). The number of hydrogen-bond donors (Lipinski definition) is 0. The maximum Gasteiger partial charge on any atom is 0.214 e. The largest absolute Gasteiger partial charge is 0.497 e. The Balaban J connectivity index is 2.34. The van der Waals surface area contributed by atoms with Gasteiger partial charge in [-0.3, -0.25) is 0 Å². The molecule has 6 heteroatoms. The summed E-state index contributed by atoms with van der Waals surface area (Å²) in [5, 5.41) is 0.825. The number of ether oxygens (including phenoxy) is 1. The highest BCUT2D eigenvalue weighted by Gasteiger charge is 2.28. The van der Waals surface area contributed by atoms with Gasteiger partial charge in [0, 0.05) is 19.2 Å². The van der Waals surface area contributed by atoms with E-state index in [4.69, 9.17) is 4.74 Å². The molecule has 1 N–H and O–H groups in total. The van der Waals surface area contributed by atoms with Gasteiger partial charge in [0.05, 0.1) is 23.1 Å². The molecule has 3 aromatic rings. The van der Waals surface area contributed by atoms with Crippen molar-refractivity contribution < 1.29 is 18.1 Å². The van der Waals surface area contributed by atoms with Crippen LogP contribution in [0.1, 0.15) is 19.4 Å². The van der Waals surface area contributed by atoms with Gasteiger partial charge in [-0.15, -0.1) is 0 Å². The molecule has 0 aliphatic heterocycles. The number of anilines is 1. The molecular formula is C21H25N2O3S+. The molecule has 0 aliphatic carbocycles. The van der Waals surface area contributed by atoms with Crippen molar-refractivity contribution in [3.8, 4) is 5.75 Å². The highest BCUT2D eigenvalue weighted by atomic mass is 32.2. The summed E-state index contributed by atoms with van der Waals surface area (Å²) in [6, 6.07) is 12.6. The van der Waals surface area contributed by atoms with Crippen LogP contribution in [0.2, 0.25) is 0 Å². The Kier molecular flexibility index (Phi) is 5.37. The summed E-state index contributed by atoms with van der Waals surface area (Å²) in [5.41, 5.74) is 2.58. The van der Waals surface area contributed by atoms with Gasteiger partial charge in [-0.05, 0) is 45.0 Å². The van der Waals surface area contributed by atoms with E-state index in [1.165, 1.54) is 0 Å². The van der Waals surface area contributed by atoms with Gasteiger partial charge >= 0.3 is 0 Å². The van der Waals surface area contributed by atoms with Gasteiger partial charge in [0.1, 0.15) is 5.75 Å². The first-order valence-corrected chi connectivity index (χ1v) is 10.5. The summed E-state index contributed by atoms with van der Waals surface area (Å²) in [7, 11) is -2.07. The Hall–Kier alpha value is -2.60. The highest BCUT2D eigenvalue weighted by Crippen LogP contribution is 2.36. The normalized spacial score (nSPS) is 11.6. The van der Waals surface area contributed by atoms with Crippen LogP contribution < -0.4 is 14.6 Å². The third kappa shape index (κ3) is 3.49. The van der Waals surface area contributed by atoms with Gasteiger partial charge in [-0.2, -0.15) is 0 Å². The number of methoxy groups -OCH3 is 1. The van der Waals surface area contributed by atoms with Crippen LogP contribution in [0.3, 0.4) is 0 Å². The van der Waals surface area contributed by atoms with Crippen LogP contribution in [0.25, 0.3) is 10.9 Å². The number of fused-ring (bicyclic) bond motifs is 1. The minimum absolute atomic E-state index is 0.274. The van der Waals surface area contributed by atoms with Gasteiger partial charge in [-0.1, -0.05) is 17.7 Å². The Bertz CT molecular complexity index is 1060. The number of rotatable bonds is 6. The molecule has 0 atom stereocenters. The lowest BCUT2D eigenvalue weighted by Gasteiger charge is -2.24. The second-order valence-electron chi connectivity index (χ2n) is 6.40. The molecule has 0 amide bonds. The molecule has 0 fully saturated rings. The Morgan fingerprint density at radius 1 is 1.04 bits per heavy atom. The van der Waals surface area contributed by atoms with Gasteiger partial charge in [-0.25, -0.2) is 13.4 Å². The maximum atomic E-state index is 13.4. The lowest BCUT2D eigenvalue weighted by Crippen LogP contribution is -2.26. The van der Waals surface area contributed by atoms with Crippen molar-refractivity contribution in [2.45, 2.75) is 30.6 Å². The first kappa shape index (κ1) is 19.2. The molecule has 0 saturated carbocycles. The van der Waals surface area contributed by atoms with Gasteiger partial charge in [0.15, 0.2) is 11.1 Å². The van der Waals surface area contributed by atoms with Crippen LogP contribution in [-0.4, -0.2) is 28.6 Å². The van der Waals surface area contributed by atoms with Crippen LogP contribution in [0.4, 0.5) is 5.69 Å². The van der Waals surface area contributed by atoms with Gasteiger partial charge < -0.3 is 9.64 Å². The van der Waals surface area contributed by atoms with E-state index in [1.54, 1.807) is 25.4 Å². The van der Waals surface area contributed by atoms with E-state index < -0.39 is 9.84 Å². The summed E-state index contributed by atoms with van der Waals surface area (Å²) in [5.74, 6) is 0.689. The van der Waals surface area contributed by atoms with Crippen molar-refractivity contribution in [2.75, 3.05) is 25.1 Å². The topological polar surface area (TPSA) is 60.8 Å². The molecule has 0 radical (unpaired) electrons. The summed E-state index contributed by atoms with van der Waals surface area (Å²) >= 11 is 0. The lowest BCUT2D eigenvalue weighted by molar-refractivity contribution is -0.347. The molecule has 1 heterocycles. The number of pyridine rings is 1. The minimum Gasteiger partial charge on any atom is -0.497 e. The molecule has 0 aliphatic rings. The molecule has 5 nitrogen and oxygen atoms in total. The van der Waals surface area contributed by atoms with Gasteiger partial charge in [0.25, 0.3) is 0 Å². The molecule has 0 saturated heterocycles. The van der Waals surface area contributed by atoms with Gasteiger partial charge in [0.2, 0.25) is 15.4 Å². The number of aromatic amines is 1. The second kappa shape index (κ2) is 7.56. The van der Waals surface area contributed by atoms with Crippen LogP contribution in [0.5, 0.6) is 5.75 Å². The summed E-state index contributed by atoms with van der Waals surface area (Å²) in [6.45, 7) is 7.38. The van der Waals surface area contributed by atoms with E-state index in [9.17, 15) is 8.42 Å². The second-order valence-corrected chi connectivity index (χ2v) is 8.32. The minimum atomic E-state index is -3.68.